The molecule has 0 fully saturated rings. The lowest BCUT2D eigenvalue weighted by Gasteiger charge is -1.96. The topological polar surface area (TPSA) is 34.1 Å². The monoisotopic (exact) mass is 182 g/mol. The molecular formula is C9H11O2P. The number of hydrogen-bond donors (Lipinski definition) is 0. The van der Waals surface area contributed by atoms with E-state index in [2.05, 4.69) is 0 Å². The molecule has 3 heteroatoms. The predicted molar refractivity (Wildman–Crippen MR) is 50.6 cm³/mol. The van der Waals surface area contributed by atoms with Crippen LogP contribution in [0.25, 0.3) is 0 Å². The molecule has 0 aliphatic heterocycles. The molecule has 2 nitrogen and oxygen atoms in total. The fourth-order valence-electron chi connectivity index (χ4n) is 1.06. The quantitative estimate of drug-likeness (QED) is 0.620. The summed E-state index contributed by atoms with van der Waals surface area (Å²) in [7, 11) is 0.279. The second-order valence-electron chi connectivity index (χ2n) is 2.70. The zero-order valence-electron chi connectivity index (χ0n) is 7.13. The van der Waals surface area contributed by atoms with Crippen LogP contribution in [0.15, 0.2) is 23.8 Å². The summed E-state index contributed by atoms with van der Waals surface area (Å²) in [4.78, 5) is 22.1. The Morgan fingerprint density at radius 3 is 2.58 bits per heavy atom. The number of hydrogen-bond acceptors (Lipinski definition) is 2. The standard InChI is InChI=1S/C9H11O2P/c1-6(10)7-3-4-8(5-7)9(11)12-2/h3-5,7,12H,1-2H3. The molecule has 0 spiro atoms. The minimum Gasteiger partial charge on any atom is -0.299 e. The highest BCUT2D eigenvalue weighted by molar-refractivity contribution is 7.58. The summed E-state index contributed by atoms with van der Waals surface area (Å²) < 4.78 is 0. The third-order valence-corrected chi connectivity index (χ3v) is 2.54. The summed E-state index contributed by atoms with van der Waals surface area (Å²) in [5.41, 5.74) is 0.825. The van der Waals surface area contributed by atoms with Gasteiger partial charge in [-0.2, -0.15) is 0 Å². The lowest BCUT2D eigenvalue weighted by atomic mass is 10.1. The van der Waals surface area contributed by atoms with Crippen molar-refractivity contribution >= 4 is 19.9 Å². The first-order chi connectivity index (χ1) is 5.65. The Morgan fingerprint density at radius 1 is 1.50 bits per heavy atom. The van der Waals surface area contributed by atoms with Crippen molar-refractivity contribution in [3.63, 3.8) is 0 Å². The van der Waals surface area contributed by atoms with Gasteiger partial charge in [0.1, 0.15) is 5.78 Å². The van der Waals surface area contributed by atoms with Crippen molar-refractivity contribution in [2.24, 2.45) is 5.92 Å². The number of carbonyl (C=O) groups excluding carboxylic acids is 2. The van der Waals surface area contributed by atoms with Gasteiger partial charge in [-0.3, -0.25) is 9.59 Å². The number of rotatable bonds is 3. The first-order valence-electron chi connectivity index (χ1n) is 3.77. The Bertz CT molecular complexity index is 276. The van der Waals surface area contributed by atoms with E-state index in [9.17, 15) is 9.59 Å². The van der Waals surface area contributed by atoms with Gasteiger partial charge in [0.15, 0.2) is 5.52 Å². The molecule has 0 saturated heterocycles. The molecule has 1 aliphatic carbocycles. The van der Waals surface area contributed by atoms with Crippen LogP contribution in [0, 0.1) is 5.92 Å². The minimum absolute atomic E-state index is 0.0912. The second kappa shape index (κ2) is 3.77. The van der Waals surface area contributed by atoms with Crippen LogP contribution in [0.2, 0.25) is 0 Å². The highest BCUT2D eigenvalue weighted by Crippen LogP contribution is 2.22. The van der Waals surface area contributed by atoms with E-state index in [1.807, 2.05) is 6.66 Å². The van der Waals surface area contributed by atoms with Gasteiger partial charge in [-0.05, 0) is 22.2 Å². The van der Waals surface area contributed by atoms with Crippen molar-refractivity contribution in [3.05, 3.63) is 23.8 Å². The van der Waals surface area contributed by atoms with E-state index in [1.54, 1.807) is 18.2 Å². The minimum atomic E-state index is -0.166. The molecular weight excluding hydrogens is 171 g/mol. The second-order valence-corrected chi connectivity index (χ2v) is 3.65. The molecule has 0 radical (unpaired) electrons. The maximum atomic E-state index is 11.2. The summed E-state index contributed by atoms with van der Waals surface area (Å²) in [5, 5.41) is 0. The van der Waals surface area contributed by atoms with Crippen molar-refractivity contribution in [1.29, 1.82) is 0 Å². The molecule has 0 N–H and O–H groups in total. The molecule has 0 bridgehead atoms. The maximum Gasteiger partial charge on any atom is 0.180 e. The number of allylic oxidation sites excluding steroid dienone is 4. The Labute approximate surface area is 73.5 Å². The van der Waals surface area contributed by atoms with Crippen molar-refractivity contribution in [2.75, 3.05) is 6.66 Å². The van der Waals surface area contributed by atoms with Gasteiger partial charge in [0.25, 0.3) is 0 Å². The van der Waals surface area contributed by atoms with Crippen molar-refractivity contribution < 1.29 is 9.59 Å². The van der Waals surface area contributed by atoms with Gasteiger partial charge in [0.05, 0.1) is 5.92 Å². The van der Waals surface area contributed by atoms with Crippen LogP contribution in [-0.2, 0) is 9.59 Å². The van der Waals surface area contributed by atoms with Gasteiger partial charge in [0.2, 0.25) is 0 Å². The number of ketones is 1. The van der Waals surface area contributed by atoms with Gasteiger partial charge in [-0.15, -0.1) is 0 Å². The Balaban J connectivity index is 2.74. The van der Waals surface area contributed by atoms with E-state index in [0.29, 0.717) is 5.57 Å². The van der Waals surface area contributed by atoms with Crippen LogP contribution in [0.3, 0.4) is 0 Å². The molecule has 0 aromatic carbocycles. The molecule has 1 rings (SSSR count). The molecule has 0 aromatic heterocycles. The van der Waals surface area contributed by atoms with E-state index in [-0.39, 0.29) is 25.8 Å². The van der Waals surface area contributed by atoms with Crippen LogP contribution in [0.5, 0.6) is 0 Å². The summed E-state index contributed by atoms with van der Waals surface area (Å²) in [5.74, 6) is -0.0752. The Kier molecular flexibility index (Phi) is 2.93. The average molecular weight is 182 g/mol. The van der Waals surface area contributed by atoms with E-state index >= 15 is 0 Å². The fourth-order valence-corrected chi connectivity index (χ4v) is 1.52. The molecule has 64 valence electrons. The largest absolute Gasteiger partial charge is 0.299 e. The van der Waals surface area contributed by atoms with E-state index in [4.69, 9.17) is 0 Å². The molecule has 1 aliphatic rings. The molecule has 0 amide bonds. The first-order valence-corrected chi connectivity index (χ1v) is 5.27. The molecule has 0 saturated carbocycles. The third kappa shape index (κ3) is 1.89. The molecule has 2 atom stereocenters. The molecule has 12 heavy (non-hydrogen) atoms. The lowest BCUT2D eigenvalue weighted by Crippen LogP contribution is -2.02. The maximum absolute atomic E-state index is 11.2. The summed E-state index contributed by atoms with van der Waals surface area (Å²) >= 11 is 0. The predicted octanol–water partition coefficient (Wildman–Crippen LogP) is 1.52. The van der Waals surface area contributed by atoms with Gasteiger partial charge >= 0.3 is 0 Å². The zero-order chi connectivity index (χ0) is 9.14. The summed E-state index contributed by atoms with van der Waals surface area (Å²) in [6.45, 7) is 3.38. The highest BCUT2D eigenvalue weighted by atomic mass is 31.1. The Hall–Kier alpha value is -0.750. The lowest BCUT2D eigenvalue weighted by molar-refractivity contribution is -0.118. The normalized spacial score (nSPS) is 21.8. The van der Waals surface area contributed by atoms with Crippen molar-refractivity contribution in [1.82, 2.24) is 0 Å². The SMILES string of the molecule is CPC(=O)C1=CC(C(C)=O)C=C1. The smallest absolute Gasteiger partial charge is 0.180 e. The number of carbonyl (C=O) groups is 2. The van der Waals surface area contributed by atoms with E-state index in [0.717, 1.165) is 0 Å². The van der Waals surface area contributed by atoms with E-state index < -0.39 is 0 Å². The first kappa shape index (κ1) is 9.34. The highest BCUT2D eigenvalue weighted by Gasteiger charge is 2.16. The summed E-state index contributed by atoms with van der Waals surface area (Å²) in [6.07, 6.45) is 5.25. The Morgan fingerprint density at radius 2 is 2.17 bits per heavy atom. The third-order valence-electron chi connectivity index (χ3n) is 1.80. The van der Waals surface area contributed by atoms with Crippen LogP contribution < -0.4 is 0 Å². The molecule has 0 heterocycles. The van der Waals surface area contributed by atoms with Gasteiger partial charge in [0, 0.05) is 5.57 Å². The van der Waals surface area contributed by atoms with E-state index in [1.165, 1.54) is 6.92 Å². The molecule has 0 aromatic rings. The van der Waals surface area contributed by atoms with Crippen molar-refractivity contribution in [3.8, 4) is 0 Å². The number of Topliss-reactive ketones (excluding diaryl/α,β-unsaturated/α-hetero) is 1. The van der Waals surface area contributed by atoms with Gasteiger partial charge in [-0.25, -0.2) is 0 Å². The molecule has 2 unspecified atom stereocenters. The van der Waals surface area contributed by atoms with Gasteiger partial charge in [-0.1, -0.05) is 18.2 Å². The van der Waals surface area contributed by atoms with Crippen molar-refractivity contribution in [2.45, 2.75) is 6.92 Å². The zero-order valence-corrected chi connectivity index (χ0v) is 8.13. The van der Waals surface area contributed by atoms with Crippen LogP contribution in [0.4, 0.5) is 0 Å². The van der Waals surface area contributed by atoms with Gasteiger partial charge < -0.3 is 0 Å². The average Bonchev–Trinajstić information content (AvgIpc) is 2.51. The van der Waals surface area contributed by atoms with Crippen LogP contribution >= 0.6 is 8.58 Å². The van der Waals surface area contributed by atoms with Crippen LogP contribution in [0.1, 0.15) is 6.92 Å². The fraction of sp³-hybridized carbons (Fsp3) is 0.333. The van der Waals surface area contributed by atoms with Crippen LogP contribution in [-0.4, -0.2) is 18.0 Å². The summed E-state index contributed by atoms with van der Waals surface area (Å²) in [6, 6.07) is 0.